The molecular formula is C28H33ClN8O4. The van der Waals surface area contributed by atoms with Gasteiger partial charge in [-0.3, -0.25) is 9.36 Å². The summed E-state index contributed by atoms with van der Waals surface area (Å²) in [5, 5.41) is 6.50. The molecule has 2 aliphatic heterocycles. The maximum absolute atomic E-state index is 13.2. The highest BCUT2D eigenvalue weighted by molar-refractivity contribution is 6.29. The fourth-order valence-electron chi connectivity index (χ4n) is 5.60. The smallest absolute Gasteiger partial charge is 0.317 e. The first kappa shape index (κ1) is 27.1. The van der Waals surface area contributed by atoms with Crippen molar-refractivity contribution in [2.75, 3.05) is 31.3 Å². The van der Waals surface area contributed by atoms with Gasteiger partial charge >= 0.3 is 6.03 Å². The van der Waals surface area contributed by atoms with Gasteiger partial charge in [-0.05, 0) is 30.5 Å². The summed E-state index contributed by atoms with van der Waals surface area (Å²) in [6, 6.07) is 7.10. The number of fused-ring (bicyclic) bond motifs is 1. The van der Waals surface area contributed by atoms with Crippen molar-refractivity contribution in [1.29, 1.82) is 0 Å². The van der Waals surface area contributed by atoms with Gasteiger partial charge in [-0.2, -0.15) is 4.98 Å². The lowest BCUT2D eigenvalue weighted by atomic mass is 9.96. The number of anilines is 1. The quantitative estimate of drug-likeness (QED) is 0.408. The van der Waals surface area contributed by atoms with E-state index in [0.29, 0.717) is 49.4 Å². The average molecular weight is 581 g/mol. The van der Waals surface area contributed by atoms with Gasteiger partial charge in [0.25, 0.3) is 0 Å². The lowest BCUT2D eigenvalue weighted by molar-refractivity contribution is -0.121. The zero-order chi connectivity index (χ0) is 28.2. The molecule has 0 spiro atoms. The predicted octanol–water partition coefficient (Wildman–Crippen LogP) is 3.28. The Kier molecular flexibility index (Phi) is 8.08. The number of hydrogen-bond donors (Lipinski definition) is 2. The molecule has 2 fully saturated rings. The van der Waals surface area contributed by atoms with Gasteiger partial charge in [0.1, 0.15) is 17.3 Å². The molecule has 6 rings (SSSR count). The molecule has 216 valence electrons. The largest absolute Gasteiger partial charge is 0.454 e. The average Bonchev–Trinajstić information content (AvgIpc) is 3.69. The summed E-state index contributed by atoms with van der Waals surface area (Å²) in [7, 11) is 0. The number of nitrogens with zero attached hydrogens (tertiary/aromatic N) is 6. The summed E-state index contributed by atoms with van der Waals surface area (Å²) in [6.07, 6.45) is 10.7. The fraction of sp³-hybridized carbons (Fsp3) is 0.464. The number of carbonyl (C=O) groups excluding carboxylic acids is 2. The van der Waals surface area contributed by atoms with Gasteiger partial charge in [0, 0.05) is 57.1 Å². The minimum Gasteiger partial charge on any atom is -0.454 e. The second-order valence-electron chi connectivity index (χ2n) is 10.6. The number of piperazine rings is 1. The number of ether oxygens (including phenoxy) is 2. The Morgan fingerprint density at radius 3 is 2.73 bits per heavy atom. The van der Waals surface area contributed by atoms with Crippen LogP contribution in [0.1, 0.15) is 44.1 Å². The number of aromatic nitrogens is 4. The van der Waals surface area contributed by atoms with E-state index in [2.05, 4.69) is 20.6 Å². The summed E-state index contributed by atoms with van der Waals surface area (Å²) in [4.78, 5) is 43.4. The minimum atomic E-state index is -0.320. The molecule has 0 radical (unpaired) electrons. The Bertz CT molecular complexity index is 1380. The van der Waals surface area contributed by atoms with E-state index >= 15 is 0 Å². The molecule has 1 unspecified atom stereocenters. The molecule has 41 heavy (non-hydrogen) atoms. The van der Waals surface area contributed by atoms with Crippen LogP contribution in [0.2, 0.25) is 5.15 Å². The van der Waals surface area contributed by atoms with Gasteiger partial charge in [0.2, 0.25) is 18.6 Å². The molecule has 13 heteroatoms. The number of rotatable bonds is 7. The van der Waals surface area contributed by atoms with Crippen molar-refractivity contribution in [3.05, 3.63) is 53.7 Å². The third kappa shape index (κ3) is 6.48. The van der Waals surface area contributed by atoms with Crippen molar-refractivity contribution in [1.82, 2.24) is 35.1 Å². The van der Waals surface area contributed by atoms with Crippen molar-refractivity contribution in [3.8, 4) is 17.4 Å². The van der Waals surface area contributed by atoms with E-state index in [0.717, 1.165) is 31.2 Å². The number of amides is 3. The van der Waals surface area contributed by atoms with E-state index < -0.39 is 0 Å². The van der Waals surface area contributed by atoms with E-state index in [9.17, 15) is 9.59 Å². The lowest BCUT2D eigenvalue weighted by Gasteiger charge is -2.42. The van der Waals surface area contributed by atoms with Gasteiger partial charge in [0.05, 0.1) is 6.04 Å². The summed E-state index contributed by atoms with van der Waals surface area (Å²) in [5.74, 6) is 2.21. The third-order valence-electron chi connectivity index (χ3n) is 7.75. The van der Waals surface area contributed by atoms with Crippen LogP contribution in [0.3, 0.4) is 0 Å². The Morgan fingerprint density at radius 1 is 1.05 bits per heavy atom. The molecule has 1 aliphatic carbocycles. The van der Waals surface area contributed by atoms with E-state index in [1.807, 2.05) is 23.1 Å². The van der Waals surface area contributed by atoms with Gasteiger partial charge in [-0.15, -0.1) is 0 Å². The molecule has 0 bridgehead atoms. The maximum Gasteiger partial charge on any atom is 0.317 e. The first-order chi connectivity index (χ1) is 20.0. The molecule has 2 aromatic heterocycles. The zero-order valence-corrected chi connectivity index (χ0v) is 23.4. The highest BCUT2D eigenvalue weighted by Gasteiger charge is 2.33. The van der Waals surface area contributed by atoms with Crippen molar-refractivity contribution >= 4 is 29.4 Å². The number of nitrogens with one attached hydrogen (secondary N) is 2. The van der Waals surface area contributed by atoms with E-state index in [-0.39, 0.29) is 42.4 Å². The van der Waals surface area contributed by atoms with Crippen LogP contribution in [-0.2, 0) is 11.3 Å². The molecule has 3 amide bonds. The molecule has 4 heterocycles. The van der Waals surface area contributed by atoms with Gasteiger partial charge in [-0.25, -0.2) is 14.8 Å². The first-order valence-electron chi connectivity index (χ1n) is 14.0. The zero-order valence-electron chi connectivity index (χ0n) is 22.7. The van der Waals surface area contributed by atoms with Crippen LogP contribution in [0.4, 0.5) is 10.6 Å². The number of hydrogen-bond acceptors (Lipinski definition) is 8. The standard InChI is InChI=1S/C28H33ClN8O4/c29-24-14-25(34-27(33-24)36-9-8-30-17-36)37-11-10-35(28(39)32-20-4-2-1-3-5-20)16-21(37)13-26(38)31-15-19-6-7-22-23(12-19)41-18-40-22/h6-9,12,14,17,20-21H,1-5,10-11,13,15-16,18H2,(H,31,38)(H,32,39). The number of urea groups is 1. The summed E-state index contributed by atoms with van der Waals surface area (Å²) < 4.78 is 12.5. The monoisotopic (exact) mass is 580 g/mol. The molecule has 2 N–H and O–H groups in total. The highest BCUT2D eigenvalue weighted by Crippen LogP contribution is 2.32. The maximum atomic E-state index is 13.2. The molecule has 1 aromatic carbocycles. The normalized spacial score (nSPS) is 18.8. The number of imidazole rings is 1. The fourth-order valence-corrected chi connectivity index (χ4v) is 5.77. The molecular weight excluding hydrogens is 548 g/mol. The second kappa shape index (κ2) is 12.2. The number of benzene rings is 1. The van der Waals surface area contributed by atoms with Crippen LogP contribution in [0.15, 0.2) is 43.0 Å². The van der Waals surface area contributed by atoms with Gasteiger partial charge in [0.15, 0.2) is 11.5 Å². The van der Waals surface area contributed by atoms with Crippen LogP contribution in [0.25, 0.3) is 5.95 Å². The SMILES string of the molecule is O=C(CC1CN(C(=O)NC2CCCCC2)CCN1c1cc(Cl)nc(-n2ccnc2)n1)NCc1ccc2c(c1)OCO2. The summed E-state index contributed by atoms with van der Waals surface area (Å²) in [6.45, 7) is 1.91. The molecule has 1 atom stereocenters. The van der Waals surface area contributed by atoms with E-state index in [1.165, 1.54) is 6.42 Å². The molecule has 3 aliphatic rings. The van der Waals surface area contributed by atoms with Crippen molar-refractivity contribution in [3.63, 3.8) is 0 Å². The minimum absolute atomic E-state index is 0.0813. The third-order valence-corrected chi connectivity index (χ3v) is 7.94. The van der Waals surface area contributed by atoms with Crippen molar-refractivity contribution < 1.29 is 19.1 Å². The number of halogens is 1. The summed E-state index contributed by atoms with van der Waals surface area (Å²) >= 11 is 6.40. The van der Waals surface area contributed by atoms with Gasteiger partial charge in [-0.1, -0.05) is 36.9 Å². The van der Waals surface area contributed by atoms with E-state index in [4.69, 9.17) is 26.1 Å². The van der Waals surface area contributed by atoms with Crippen molar-refractivity contribution in [2.24, 2.45) is 0 Å². The van der Waals surface area contributed by atoms with Crippen molar-refractivity contribution in [2.45, 2.75) is 57.2 Å². The predicted molar refractivity (Wildman–Crippen MR) is 151 cm³/mol. The Balaban J connectivity index is 1.17. The Morgan fingerprint density at radius 2 is 1.90 bits per heavy atom. The van der Waals surface area contributed by atoms with Crippen LogP contribution >= 0.6 is 11.6 Å². The Labute approximate surface area is 243 Å². The molecule has 1 saturated heterocycles. The molecule has 1 saturated carbocycles. The topological polar surface area (TPSA) is 127 Å². The molecule has 3 aromatic rings. The number of carbonyl (C=O) groups is 2. The Hall–Kier alpha value is -4.06. The molecule has 12 nitrogen and oxygen atoms in total. The van der Waals surface area contributed by atoms with Crippen LogP contribution in [0.5, 0.6) is 11.5 Å². The highest BCUT2D eigenvalue weighted by atomic mass is 35.5. The van der Waals surface area contributed by atoms with Gasteiger partial charge < -0.3 is 29.9 Å². The van der Waals surface area contributed by atoms with E-state index in [1.54, 1.807) is 34.3 Å². The lowest BCUT2D eigenvalue weighted by Crippen LogP contribution is -2.59. The van der Waals surface area contributed by atoms with Crippen LogP contribution in [0, 0.1) is 0 Å². The van der Waals surface area contributed by atoms with Crippen LogP contribution in [-0.4, -0.2) is 74.9 Å². The summed E-state index contributed by atoms with van der Waals surface area (Å²) in [5.41, 5.74) is 0.907. The van der Waals surface area contributed by atoms with Crippen LogP contribution < -0.4 is 25.0 Å². The second-order valence-corrected chi connectivity index (χ2v) is 11.0. The first-order valence-corrected chi connectivity index (χ1v) is 14.4.